The summed E-state index contributed by atoms with van der Waals surface area (Å²) in [5.41, 5.74) is 4.85. The van der Waals surface area contributed by atoms with Crippen molar-refractivity contribution in [3.05, 3.63) is 119 Å². The molecular formula is C58H78O2. The molecule has 0 aliphatic carbocycles. The Morgan fingerprint density at radius 3 is 0.850 bits per heavy atom. The Morgan fingerprint density at radius 1 is 0.300 bits per heavy atom. The summed E-state index contributed by atoms with van der Waals surface area (Å²) in [5.74, 6) is 1.92. The van der Waals surface area contributed by atoms with Crippen molar-refractivity contribution >= 4 is 45.8 Å². The van der Waals surface area contributed by atoms with Crippen LogP contribution >= 0.6 is 0 Å². The van der Waals surface area contributed by atoms with Gasteiger partial charge >= 0.3 is 0 Å². The molecule has 0 N–H and O–H groups in total. The monoisotopic (exact) mass is 807 g/mol. The molecule has 0 fully saturated rings. The van der Waals surface area contributed by atoms with Gasteiger partial charge in [0.05, 0.1) is 13.2 Å². The molecule has 0 bridgehead atoms. The van der Waals surface area contributed by atoms with E-state index in [-0.39, 0.29) is 0 Å². The molecule has 5 rings (SSSR count). The minimum atomic E-state index is 0.796. The average molecular weight is 807 g/mol. The molecule has 0 unspecified atom stereocenters. The van der Waals surface area contributed by atoms with E-state index < -0.39 is 0 Å². The Balaban J connectivity index is 1.07. The summed E-state index contributed by atoms with van der Waals surface area (Å²) in [5, 5.41) is 5.04. The number of benzene rings is 5. The van der Waals surface area contributed by atoms with Gasteiger partial charge in [-0.1, -0.05) is 252 Å². The third-order valence-electron chi connectivity index (χ3n) is 12.2. The van der Waals surface area contributed by atoms with Crippen molar-refractivity contribution in [2.24, 2.45) is 0 Å². The highest BCUT2D eigenvalue weighted by atomic mass is 16.5. The zero-order chi connectivity index (χ0) is 41.7. The van der Waals surface area contributed by atoms with Crippen LogP contribution in [-0.4, -0.2) is 13.2 Å². The van der Waals surface area contributed by atoms with E-state index >= 15 is 0 Å². The molecule has 0 spiro atoms. The lowest BCUT2D eigenvalue weighted by molar-refractivity contribution is 0.304. The largest absolute Gasteiger partial charge is 0.494 e. The first kappa shape index (κ1) is 46.8. The molecule has 60 heavy (non-hydrogen) atoms. The van der Waals surface area contributed by atoms with E-state index in [1.807, 2.05) is 0 Å². The van der Waals surface area contributed by atoms with Crippen LogP contribution in [0.1, 0.15) is 190 Å². The van der Waals surface area contributed by atoms with Gasteiger partial charge in [-0.15, -0.1) is 0 Å². The quantitative estimate of drug-likeness (QED) is 0.0245. The average Bonchev–Trinajstić information content (AvgIpc) is 3.28. The lowest BCUT2D eigenvalue weighted by atomic mass is 9.91. The lowest BCUT2D eigenvalue weighted by Crippen LogP contribution is -1.97. The van der Waals surface area contributed by atoms with E-state index in [1.165, 1.54) is 185 Å². The van der Waals surface area contributed by atoms with Gasteiger partial charge in [0.15, 0.2) is 0 Å². The minimum absolute atomic E-state index is 0.796. The number of unbranched alkanes of at least 4 members (excludes halogenated alkanes) is 22. The van der Waals surface area contributed by atoms with Crippen LogP contribution in [0.5, 0.6) is 11.5 Å². The summed E-state index contributed by atoms with van der Waals surface area (Å²) in [6.45, 7) is 6.17. The number of hydrogen-bond donors (Lipinski definition) is 0. The smallest absolute Gasteiger partial charge is 0.119 e. The second-order valence-electron chi connectivity index (χ2n) is 17.2. The molecule has 0 aliphatic heterocycles. The topological polar surface area (TPSA) is 18.5 Å². The Labute approximate surface area is 365 Å². The summed E-state index contributed by atoms with van der Waals surface area (Å²) in [6.07, 6.45) is 41.7. The summed E-state index contributed by atoms with van der Waals surface area (Å²) < 4.78 is 12.2. The highest BCUT2D eigenvalue weighted by Gasteiger charge is 2.11. The van der Waals surface area contributed by atoms with E-state index in [2.05, 4.69) is 135 Å². The number of ether oxygens (including phenoxy) is 2. The first-order valence-corrected chi connectivity index (χ1v) is 24.5. The first-order valence-electron chi connectivity index (χ1n) is 24.5. The van der Waals surface area contributed by atoms with Crippen LogP contribution in [0.15, 0.2) is 97.1 Å². The summed E-state index contributed by atoms with van der Waals surface area (Å²) in [4.78, 5) is 0. The molecule has 0 aliphatic rings. The van der Waals surface area contributed by atoms with Crippen LogP contribution in [0.3, 0.4) is 0 Å². The minimum Gasteiger partial charge on any atom is -0.494 e. The van der Waals surface area contributed by atoms with E-state index in [1.54, 1.807) is 0 Å². The molecule has 322 valence electrons. The number of hydrogen-bond acceptors (Lipinski definition) is 2. The summed E-state index contributed by atoms with van der Waals surface area (Å²) >= 11 is 0. The van der Waals surface area contributed by atoms with Gasteiger partial charge in [0.1, 0.15) is 11.5 Å². The van der Waals surface area contributed by atoms with Crippen molar-refractivity contribution in [1.82, 2.24) is 0 Å². The predicted octanol–water partition coefficient (Wildman–Crippen LogP) is 18.5. The number of rotatable bonds is 32. The molecule has 5 aromatic carbocycles. The Hall–Kier alpha value is -4.30. The molecule has 0 saturated heterocycles. The maximum atomic E-state index is 6.12. The van der Waals surface area contributed by atoms with Gasteiger partial charge in [0.2, 0.25) is 0 Å². The molecule has 0 amide bonds. The number of fused-ring (bicyclic) bond motifs is 2. The maximum Gasteiger partial charge on any atom is 0.119 e. The van der Waals surface area contributed by atoms with Crippen LogP contribution in [0.4, 0.5) is 0 Å². The molecular weight excluding hydrogens is 729 g/mol. The molecule has 2 nitrogen and oxygen atoms in total. The van der Waals surface area contributed by atoms with Crippen molar-refractivity contribution < 1.29 is 9.47 Å². The van der Waals surface area contributed by atoms with Crippen LogP contribution in [0.2, 0.25) is 0 Å². The second kappa shape index (κ2) is 29.0. The fraction of sp³-hybridized carbons (Fsp3) is 0.483. The van der Waals surface area contributed by atoms with Gasteiger partial charge in [-0.2, -0.15) is 0 Å². The molecule has 5 aromatic rings. The molecule has 0 saturated carbocycles. The normalized spacial score (nSPS) is 11.8. The van der Waals surface area contributed by atoms with Crippen molar-refractivity contribution in [2.45, 2.75) is 168 Å². The molecule has 0 radical (unpaired) electrons. The van der Waals surface area contributed by atoms with E-state index in [0.717, 1.165) is 37.6 Å². The Bertz CT molecular complexity index is 1730. The van der Waals surface area contributed by atoms with Gasteiger partial charge in [-0.3, -0.25) is 0 Å². The van der Waals surface area contributed by atoms with E-state index in [9.17, 15) is 0 Å². The lowest BCUT2D eigenvalue weighted by Gasteiger charge is -2.13. The Morgan fingerprint density at radius 2 is 0.567 bits per heavy atom. The zero-order valence-corrected chi connectivity index (χ0v) is 37.7. The fourth-order valence-electron chi connectivity index (χ4n) is 8.53. The van der Waals surface area contributed by atoms with E-state index in [0.29, 0.717) is 0 Å². The zero-order valence-electron chi connectivity index (χ0n) is 37.7. The highest BCUT2D eigenvalue weighted by Crippen LogP contribution is 2.35. The van der Waals surface area contributed by atoms with Crippen LogP contribution < -0.4 is 9.47 Å². The third-order valence-corrected chi connectivity index (χ3v) is 12.2. The Kier molecular flexibility index (Phi) is 22.6. The van der Waals surface area contributed by atoms with E-state index in [4.69, 9.17) is 9.47 Å². The fourth-order valence-corrected chi connectivity index (χ4v) is 8.53. The highest BCUT2D eigenvalue weighted by molar-refractivity contribution is 6.14. The standard InChI is InChI=1S/C58H78O2/c1-3-5-7-9-11-13-15-17-19-21-23-29-47-59-51-41-35-49(36-42-51)39-45-57-53-31-25-27-33-55(53)58(56-34-28-26-32-54(56)57)46-40-50-37-43-52(44-38-50)60-48-30-24-22-20-18-16-14-12-10-8-6-4-2/h25-28,31-46H,3-24,29-30,47-48H2,1-2H3/b45-39+,46-40+. The van der Waals surface area contributed by atoms with Crippen molar-refractivity contribution in [2.75, 3.05) is 13.2 Å². The second-order valence-corrected chi connectivity index (χ2v) is 17.2. The molecule has 0 atom stereocenters. The molecule has 0 heterocycles. The third kappa shape index (κ3) is 17.0. The van der Waals surface area contributed by atoms with Gasteiger partial charge in [0, 0.05) is 0 Å². The van der Waals surface area contributed by atoms with Crippen LogP contribution in [0.25, 0.3) is 45.8 Å². The van der Waals surface area contributed by atoms with Crippen LogP contribution in [-0.2, 0) is 0 Å². The van der Waals surface area contributed by atoms with Gasteiger partial charge in [0.25, 0.3) is 0 Å². The summed E-state index contributed by atoms with van der Waals surface area (Å²) in [7, 11) is 0. The SMILES string of the molecule is CCCCCCCCCCCCCCOc1ccc(/C=C/c2c3ccccc3c(/C=C/c3ccc(OCCCCCCCCCCCCCC)cc3)c3ccccc23)cc1. The van der Waals surface area contributed by atoms with Crippen molar-refractivity contribution in [3.8, 4) is 11.5 Å². The van der Waals surface area contributed by atoms with Gasteiger partial charge in [-0.25, -0.2) is 0 Å². The van der Waals surface area contributed by atoms with Crippen molar-refractivity contribution in [1.29, 1.82) is 0 Å². The van der Waals surface area contributed by atoms with Crippen molar-refractivity contribution in [3.63, 3.8) is 0 Å². The van der Waals surface area contributed by atoms with Crippen LogP contribution in [0, 0.1) is 0 Å². The van der Waals surface area contributed by atoms with Gasteiger partial charge < -0.3 is 9.47 Å². The predicted molar refractivity (Wildman–Crippen MR) is 265 cm³/mol. The summed E-state index contributed by atoms with van der Waals surface area (Å²) in [6, 6.07) is 34.8. The van der Waals surface area contributed by atoms with Gasteiger partial charge in [-0.05, 0) is 80.9 Å². The maximum absolute atomic E-state index is 6.12. The molecule has 0 aromatic heterocycles. The first-order chi connectivity index (χ1) is 29.8. The molecule has 2 heteroatoms.